The average molecular weight is 223 g/mol. The summed E-state index contributed by atoms with van der Waals surface area (Å²) in [6, 6.07) is 0.289. The van der Waals surface area contributed by atoms with Crippen LogP contribution in [-0.2, 0) is 4.74 Å². The molecule has 2 saturated heterocycles. The number of aromatic nitrogens is 2. The molecule has 0 radical (unpaired) electrons. The van der Waals surface area contributed by atoms with Crippen molar-refractivity contribution < 1.29 is 9.26 Å². The zero-order valence-electron chi connectivity index (χ0n) is 9.48. The fraction of sp³-hybridized carbons (Fsp3) is 0.818. The van der Waals surface area contributed by atoms with E-state index < -0.39 is 0 Å². The molecule has 2 fully saturated rings. The van der Waals surface area contributed by atoms with Gasteiger partial charge in [0.05, 0.1) is 24.7 Å². The Morgan fingerprint density at radius 1 is 1.44 bits per heavy atom. The van der Waals surface area contributed by atoms with Crippen LogP contribution in [0.1, 0.15) is 49.9 Å². The summed E-state index contributed by atoms with van der Waals surface area (Å²) >= 11 is 0. The highest BCUT2D eigenvalue weighted by molar-refractivity contribution is 5.01. The maximum atomic E-state index is 5.51. The molecule has 0 bridgehead atoms. The van der Waals surface area contributed by atoms with Crippen LogP contribution in [-0.4, -0.2) is 29.4 Å². The van der Waals surface area contributed by atoms with Gasteiger partial charge in [0.1, 0.15) is 0 Å². The lowest BCUT2D eigenvalue weighted by molar-refractivity contribution is 0.122. The van der Waals surface area contributed by atoms with E-state index in [-0.39, 0.29) is 12.0 Å². The van der Waals surface area contributed by atoms with Crippen LogP contribution in [0.2, 0.25) is 0 Å². The first kappa shape index (κ1) is 10.2. The maximum absolute atomic E-state index is 5.51. The second-order valence-corrected chi connectivity index (χ2v) is 4.72. The molecule has 0 aromatic carbocycles. The van der Waals surface area contributed by atoms with E-state index in [0.29, 0.717) is 12.7 Å². The van der Waals surface area contributed by atoms with Gasteiger partial charge in [-0.15, -0.1) is 0 Å². The van der Waals surface area contributed by atoms with Gasteiger partial charge in [-0.1, -0.05) is 5.16 Å². The van der Waals surface area contributed by atoms with Gasteiger partial charge in [-0.25, -0.2) is 0 Å². The van der Waals surface area contributed by atoms with Crippen LogP contribution in [0.15, 0.2) is 4.52 Å². The van der Waals surface area contributed by atoms with Gasteiger partial charge in [0.2, 0.25) is 5.89 Å². The molecule has 3 unspecified atom stereocenters. The zero-order valence-corrected chi connectivity index (χ0v) is 9.48. The van der Waals surface area contributed by atoms with Crippen LogP contribution in [0.5, 0.6) is 0 Å². The molecule has 0 saturated carbocycles. The maximum Gasteiger partial charge on any atom is 0.232 e. The first-order valence-corrected chi connectivity index (χ1v) is 6.01. The Hall–Kier alpha value is -0.940. The van der Waals surface area contributed by atoms with Crippen molar-refractivity contribution in [3.05, 3.63) is 11.7 Å². The molecule has 5 nitrogen and oxygen atoms in total. The summed E-state index contributed by atoms with van der Waals surface area (Å²) < 4.78 is 10.8. The van der Waals surface area contributed by atoms with Crippen molar-refractivity contribution in [1.29, 1.82) is 0 Å². The molecule has 16 heavy (non-hydrogen) atoms. The molecule has 0 amide bonds. The van der Waals surface area contributed by atoms with E-state index in [1.54, 1.807) is 0 Å². The van der Waals surface area contributed by atoms with Crippen LogP contribution in [0, 0.1) is 0 Å². The molecular formula is C11H17N3O2. The molecule has 5 heteroatoms. The fourth-order valence-electron chi connectivity index (χ4n) is 2.45. The number of hydrogen-bond acceptors (Lipinski definition) is 5. The SMILES string of the molecule is CC1CC(c2nc(C3CCCN3)no2)CO1. The van der Waals surface area contributed by atoms with Gasteiger partial charge in [0.25, 0.3) is 0 Å². The first-order chi connectivity index (χ1) is 7.83. The van der Waals surface area contributed by atoms with Gasteiger partial charge in [-0.05, 0) is 32.7 Å². The van der Waals surface area contributed by atoms with Crippen molar-refractivity contribution in [1.82, 2.24) is 15.5 Å². The lowest BCUT2D eigenvalue weighted by Gasteiger charge is -2.02. The number of nitrogens with one attached hydrogen (secondary N) is 1. The van der Waals surface area contributed by atoms with E-state index in [1.165, 1.54) is 6.42 Å². The molecule has 1 N–H and O–H groups in total. The minimum Gasteiger partial charge on any atom is -0.378 e. The molecule has 0 spiro atoms. The topological polar surface area (TPSA) is 60.2 Å². The van der Waals surface area contributed by atoms with E-state index >= 15 is 0 Å². The van der Waals surface area contributed by atoms with Gasteiger partial charge in [-0.3, -0.25) is 0 Å². The summed E-state index contributed by atoms with van der Waals surface area (Å²) in [4.78, 5) is 4.49. The summed E-state index contributed by atoms with van der Waals surface area (Å²) in [6.45, 7) is 3.84. The predicted molar refractivity (Wildman–Crippen MR) is 57.0 cm³/mol. The van der Waals surface area contributed by atoms with Crippen molar-refractivity contribution in [3.63, 3.8) is 0 Å². The highest BCUT2D eigenvalue weighted by Gasteiger charge is 2.30. The van der Waals surface area contributed by atoms with E-state index in [0.717, 1.165) is 31.1 Å². The van der Waals surface area contributed by atoms with E-state index in [4.69, 9.17) is 9.26 Å². The monoisotopic (exact) mass is 223 g/mol. The van der Waals surface area contributed by atoms with Crippen molar-refractivity contribution in [2.75, 3.05) is 13.2 Å². The van der Waals surface area contributed by atoms with Crippen LogP contribution in [0.25, 0.3) is 0 Å². The zero-order chi connectivity index (χ0) is 11.0. The number of nitrogens with zero attached hydrogens (tertiary/aromatic N) is 2. The number of rotatable bonds is 2. The van der Waals surface area contributed by atoms with Gasteiger partial charge in [0.15, 0.2) is 5.82 Å². The van der Waals surface area contributed by atoms with Crippen molar-refractivity contribution in [2.24, 2.45) is 0 Å². The average Bonchev–Trinajstić information content (AvgIpc) is 2.97. The molecule has 2 aliphatic rings. The van der Waals surface area contributed by atoms with Crippen LogP contribution in [0.3, 0.4) is 0 Å². The lowest BCUT2D eigenvalue weighted by atomic mass is 10.1. The Labute approximate surface area is 94.6 Å². The second-order valence-electron chi connectivity index (χ2n) is 4.72. The first-order valence-electron chi connectivity index (χ1n) is 6.01. The molecule has 3 atom stereocenters. The molecule has 88 valence electrons. The standard InChI is InChI=1S/C11H17N3O2/c1-7-5-8(6-15-7)11-13-10(14-16-11)9-3-2-4-12-9/h7-9,12H,2-6H2,1H3. The quantitative estimate of drug-likeness (QED) is 0.821. The smallest absolute Gasteiger partial charge is 0.232 e. The third kappa shape index (κ3) is 1.85. The molecular weight excluding hydrogens is 206 g/mol. The van der Waals surface area contributed by atoms with Crippen molar-refractivity contribution in [2.45, 2.75) is 44.2 Å². The predicted octanol–water partition coefficient (Wildman–Crippen LogP) is 1.39. The normalized spacial score (nSPS) is 34.7. The fourth-order valence-corrected chi connectivity index (χ4v) is 2.45. The summed E-state index contributed by atoms with van der Waals surface area (Å²) in [5.41, 5.74) is 0. The molecule has 1 aromatic heterocycles. The summed E-state index contributed by atoms with van der Waals surface area (Å²) in [6.07, 6.45) is 3.60. The van der Waals surface area contributed by atoms with Crippen LogP contribution in [0.4, 0.5) is 0 Å². The second kappa shape index (κ2) is 4.14. The van der Waals surface area contributed by atoms with E-state index in [9.17, 15) is 0 Å². The Bertz CT molecular complexity index is 360. The number of ether oxygens (including phenoxy) is 1. The minimum atomic E-state index is 0.289. The van der Waals surface area contributed by atoms with Gasteiger partial charge in [0, 0.05) is 0 Å². The Balaban J connectivity index is 1.72. The Kier molecular flexibility index (Phi) is 2.65. The van der Waals surface area contributed by atoms with Crippen LogP contribution >= 0.6 is 0 Å². The van der Waals surface area contributed by atoms with E-state index in [2.05, 4.69) is 22.4 Å². The highest BCUT2D eigenvalue weighted by Crippen LogP contribution is 2.29. The summed E-state index contributed by atoms with van der Waals surface area (Å²) in [7, 11) is 0. The summed E-state index contributed by atoms with van der Waals surface area (Å²) in [5, 5.41) is 7.43. The van der Waals surface area contributed by atoms with Gasteiger partial charge < -0.3 is 14.6 Å². The molecule has 0 aliphatic carbocycles. The van der Waals surface area contributed by atoms with Gasteiger partial charge >= 0.3 is 0 Å². The van der Waals surface area contributed by atoms with E-state index in [1.807, 2.05) is 0 Å². The van der Waals surface area contributed by atoms with Crippen molar-refractivity contribution in [3.8, 4) is 0 Å². The minimum absolute atomic E-state index is 0.289. The molecule has 3 heterocycles. The molecule has 1 aromatic rings. The highest BCUT2D eigenvalue weighted by atomic mass is 16.5. The largest absolute Gasteiger partial charge is 0.378 e. The number of hydrogen-bond donors (Lipinski definition) is 1. The van der Waals surface area contributed by atoms with Crippen LogP contribution < -0.4 is 5.32 Å². The van der Waals surface area contributed by atoms with Gasteiger partial charge in [-0.2, -0.15) is 4.98 Å². The Morgan fingerprint density at radius 3 is 3.06 bits per heavy atom. The van der Waals surface area contributed by atoms with Crippen molar-refractivity contribution >= 4 is 0 Å². The lowest BCUT2D eigenvalue weighted by Crippen LogP contribution is -2.14. The molecule has 3 rings (SSSR count). The molecule has 2 aliphatic heterocycles. The third-order valence-electron chi connectivity index (χ3n) is 3.38. The third-order valence-corrected chi connectivity index (χ3v) is 3.38. The Morgan fingerprint density at radius 2 is 2.38 bits per heavy atom. The summed E-state index contributed by atoms with van der Waals surface area (Å²) in [5.74, 6) is 1.85.